The van der Waals surface area contributed by atoms with E-state index in [2.05, 4.69) is 6.58 Å². The lowest BCUT2D eigenvalue weighted by Crippen LogP contribution is -2.03. The average molecular weight is 326 g/mol. The van der Waals surface area contributed by atoms with Crippen molar-refractivity contribution in [3.63, 3.8) is 0 Å². The van der Waals surface area contributed by atoms with Gasteiger partial charge in [-0.25, -0.2) is 8.78 Å². The third-order valence-corrected chi connectivity index (χ3v) is 2.77. The zero-order chi connectivity index (χ0) is 17.1. The van der Waals surface area contributed by atoms with Crippen LogP contribution in [0.4, 0.5) is 17.6 Å². The van der Waals surface area contributed by atoms with E-state index in [1.165, 1.54) is 31.2 Å². The number of esters is 1. The molecule has 3 nitrogen and oxygen atoms in total. The molecule has 7 heteroatoms. The van der Waals surface area contributed by atoms with Crippen LogP contribution in [-0.4, -0.2) is 5.97 Å². The summed E-state index contributed by atoms with van der Waals surface area (Å²) in [6.07, 6.45) is 0.661. The van der Waals surface area contributed by atoms with Crippen molar-refractivity contribution in [3.8, 4) is 17.2 Å². The van der Waals surface area contributed by atoms with Crippen LogP contribution in [0.1, 0.15) is 12.5 Å². The summed E-state index contributed by atoms with van der Waals surface area (Å²) in [5.41, 5.74) is -0.919. The van der Waals surface area contributed by atoms with Gasteiger partial charge in [0.15, 0.2) is 11.6 Å². The Morgan fingerprint density at radius 1 is 0.957 bits per heavy atom. The van der Waals surface area contributed by atoms with Gasteiger partial charge in [0.2, 0.25) is 17.4 Å². The number of ether oxygens (including phenoxy) is 2. The molecule has 0 unspecified atom stereocenters. The van der Waals surface area contributed by atoms with Crippen LogP contribution < -0.4 is 9.47 Å². The maximum absolute atomic E-state index is 13.8. The Hall–Kier alpha value is -2.83. The first-order valence-electron chi connectivity index (χ1n) is 6.29. The first-order valence-corrected chi connectivity index (χ1v) is 6.29. The summed E-state index contributed by atoms with van der Waals surface area (Å²) in [5.74, 6) is -8.28. The molecule has 0 bridgehead atoms. The molecule has 0 heterocycles. The summed E-state index contributed by atoms with van der Waals surface area (Å²) in [7, 11) is 0. The topological polar surface area (TPSA) is 35.5 Å². The van der Waals surface area contributed by atoms with E-state index in [1.807, 2.05) is 0 Å². The smallest absolute Gasteiger partial charge is 0.308 e. The van der Waals surface area contributed by atoms with E-state index in [0.29, 0.717) is 6.08 Å². The second-order valence-corrected chi connectivity index (χ2v) is 4.37. The van der Waals surface area contributed by atoms with Crippen molar-refractivity contribution in [3.05, 3.63) is 59.7 Å². The second kappa shape index (κ2) is 6.51. The van der Waals surface area contributed by atoms with Crippen LogP contribution in [0.2, 0.25) is 0 Å². The van der Waals surface area contributed by atoms with E-state index in [4.69, 9.17) is 9.47 Å². The fraction of sp³-hybridized carbons (Fsp3) is 0.0625. The molecule has 0 amide bonds. The number of hydrogen-bond donors (Lipinski definition) is 0. The molecule has 0 aliphatic heterocycles. The maximum atomic E-state index is 13.8. The minimum Gasteiger partial charge on any atom is -0.451 e. The zero-order valence-electron chi connectivity index (χ0n) is 11.8. The molecule has 2 rings (SSSR count). The van der Waals surface area contributed by atoms with Gasteiger partial charge in [0, 0.05) is 6.92 Å². The molecule has 0 spiro atoms. The van der Waals surface area contributed by atoms with E-state index in [0.717, 1.165) is 0 Å². The van der Waals surface area contributed by atoms with Crippen molar-refractivity contribution >= 4 is 12.0 Å². The Labute approximate surface area is 128 Å². The Morgan fingerprint density at radius 3 is 1.87 bits per heavy atom. The summed E-state index contributed by atoms with van der Waals surface area (Å²) in [5, 5.41) is 0. The largest absolute Gasteiger partial charge is 0.451 e. The molecule has 0 aliphatic rings. The van der Waals surface area contributed by atoms with E-state index < -0.39 is 40.6 Å². The summed E-state index contributed by atoms with van der Waals surface area (Å²) >= 11 is 0. The van der Waals surface area contributed by atoms with Gasteiger partial charge in [0.05, 0.1) is 5.56 Å². The molecule has 120 valence electrons. The van der Waals surface area contributed by atoms with Crippen molar-refractivity contribution in [1.29, 1.82) is 0 Å². The molecule has 0 atom stereocenters. The number of carbonyl (C=O) groups excluding carboxylic acids is 1. The quantitative estimate of drug-likeness (QED) is 0.356. The summed E-state index contributed by atoms with van der Waals surface area (Å²) < 4.78 is 64.5. The van der Waals surface area contributed by atoms with Crippen LogP contribution in [0.5, 0.6) is 17.2 Å². The number of hydrogen-bond acceptors (Lipinski definition) is 3. The van der Waals surface area contributed by atoms with Crippen LogP contribution in [0.3, 0.4) is 0 Å². The predicted molar refractivity (Wildman–Crippen MR) is 74.2 cm³/mol. The molecular weight excluding hydrogens is 316 g/mol. The maximum Gasteiger partial charge on any atom is 0.308 e. The normalized spacial score (nSPS) is 10.3. The minimum absolute atomic E-state index is 0.108. The van der Waals surface area contributed by atoms with E-state index in [-0.39, 0.29) is 11.5 Å². The highest BCUT2D eigenvalue weighted by Gasteiger charge is 2.25. The number of carbonyl (C=O) groups is 1. The number of halogens is 4. The van der Waals surface area contributed by atoms with Crippen molar-refractivity contribution in [1.82, 2.24) is 0 Å². The van der Waals surface area contributed by atoms with Gasteiger partial charge in [0.25, 0.3) is 0 Å². The van der Waals surface area contributed by atoms with Gasteiger partial charge >= 0.3 is 5.97 Å². The zero-order valence-corrected chi connectivity index (χ0v) is 11.8. The molecule has 2 aromatic carbocycles. The summed E-state index contributed by atoms with van der Waals surface area (Å²) in [4.78, 5) is 10.8. The van der Waals surface area contributed by atoms with Gasteiger partial charge in [0.1, 0.15) is 11.5 Å². The fourth-order valence-electron chi connectivity index (χ4n) is 1.76. The molecule has 0 saturated carbocycles. The standard InChI is InChI=1S/C16H10F4O3/c1-3-11-12(17)14(19)16(15(20)13(11)18)23-10-6-4-9(5-7-10)22-8(2)21/h3-7H,1H2,2H3. The molecule has 0 fully saturated rings. The Kier molecular flexibility index (Phi) is 4.68. The van der Waals surface area contributed by atoms with Crippen LogP contribution in [-0.2, 0) is 4.79 Å². The monoisotopic (exact) mass is 326 g/mol. The average Bonchev–Trinajstić information content (AvgIpc) is 2.51. The molecule has 0 radical (unpaired) electrons. The van der Waals surface area contributed by atoms with Crippen molar-refractivity contribution in [2.75, 3.05) is 0 Å². The summed E-state index contributed by atoms with van der Waals surface area (Å²) in [6.45, 7) is 4.28. The summed E-state index contributed by atoms with van der Waals surface area (Å²) in [6, 6.07) is 5.01. The van der Waals surface area contributed by atoms with Gasteiger partial charge < -0.3 is 9.47 Å². The van der Waals surface area contributed by atoms with Crippen LogP contribution in [0.25, 0.3) is 6.08 Å². The van der Waals surface area contributed by atoms with Gasteiger partial charge in [-0.1, -0.05) is 12.7 Å². The number of benzene rings is 2. The van der Waals surface area contributed by atoms with Gasteiger partial charge in [-0.15, -0.1) is 0 Å². The highest BCUT2D eigenvalue weighted by Crippen LogP contribution is 2.34. The Morgan fingerprint density at radius 2 is 1.43 bits per heavy atom. The van der Waals surface area contributed by atoms with Crippen LogP contribution in [0, 0.1) is 23.3 Å². The first-order chi connectivity index (χ1) is 10.8. The molecule has 23 heavy (non-hydrogen) atoms. The van der Waals surface area contributed by atoms with Gasteiger partial charge in [-0.05, 0) is 24.3 Å². The molecule has 0 aromatic heterocycles. The van der Waals surface area contributed by atoms with Crippen molar-refractivity contribution in [2.24, 2.45) is 0 Å². The molecule has 0 saturated heterocycles. The predicted octanol–water partition coefficient (Wildman–Crippen LogP) is 4.60. The minimum atomic E-state index is -1.68. The highest BCUT2D eigenvalue weighted by atomic mass is 19.2. The molecule has 0 aliphatic carbocycles. The first kappa shape index (κ1) is 16.5. The SMILES string of the molecule is C=Cc1c(F)c(F)c(Oc2ccc(OC(C)=O)cc2)c(F)c1F. The van der Waals surface area contributed by atoms with Crippen LogP contribution >= 0.6 is 0 Å². The van der Waals surface area contributed by atoms with Crippen LogP contribution in [0.15, 0.2) is 30.8 Å². The van der Waals surface area contributed by atoms with E-state index in [1.54, 1.807) is 0 Å². The lowest BCUT2D eigenvalue weighted by Gasteiger charge is -2.11. The molecule has 0 N–H and O–H groups in total. The van der Waals surface area contributed by atoms with Gasteiger partial charge in [-0.3, -0.25) is 4.79 Å². The highest BCUT2D eigenvalue weighted by molar-refractivity contribution is 5.69. The third kappa shape index (κ3) is 3.33. The van der Waals surface area contributed by atoms with Gasteiger partial charge in [-0.2, -0.15) is 8.78 Å². The molecule has 2 aromatic rings. The third-order valence-electron chi connectivity index (χ3n) is 2.77. The van der Waals surface area contributed by atoms with E-state index in [9.17, 15) is 22.4 Å². The number of rotatable bonds is 4. The lowest BCUT2D eigenvalue weighted by atomic mass is 10.1. The van der Waals surface area contributed by atoms with Crippen molar-refractivity contribution in [2.45, 2.75) is 6.92 Å². The van der Waals surface area contributed by atoms with Crippen molar-refractivity contribution < 1.29 is 31.8 Å². The molecular formula is C16H10F4O3. The Bertz CT molecular complexity index is 741. The fourth-order valence-corrected chi connectivity index (χ4v) is 1.76. The van der Waals surface area contributed by atoms with E-state index >= 15 is 0 Å². The Balaban J connectivity index is 2.37. The lowest BCUT2D eigenvalue weighted by molar-refractivity contribution is -0.131. The second-order valence-electron chi connectivity index (χ2n) is 4.37.